The van der Waals surface area contributed by atoms with Crippen molar-refractivity contribution in [1.29, 1.82) is 0 Å². The Bertz CT molecular complexity index is 239. The molecule has 6 heteroatoms. The van der Waals surface area contributed by atoms with Crippen LogP contribution in [-0.4, -0.2) is 51.8 Å². The third kappa shape index (κ3) is 3.06. The van der Waals surface area contributed by atoms with Crippen LogP contribution in [0.25, 0.3) is 0 Å². The van der Waals surface area contributed by atoms with Gasteiger partial charge in [0.1, 0.15) is 0 Å². The summed E-state index contributed by atoms with van der Waals surface area (Å²) >= 11 is 0. The molecule has 1 aliphatic rings. The quantitative estimate of drug-likeness (QED) is 0.541. The number of hydrogen-bond acceptors (Lipinski definition) is 4. The fraction of sp³-hybridized carbons (Fsp3) is 1.00. The molecule has 0 amide bonds. The summed E-state index contributed by atoms with van der Waals surface area (Å²) in [7, 11) is -1.42. The van der Waals surface area contributed by atoms with Crippen molar-refractivity contribution in [2.24, 2.45) is 5.14 Å². The number of piperazine rings is 1. The molecule has 1 heterocycles. The number of primary sulfonamides is 1. The first-order chi connectivity index (χ1) is 5.49. The van der Waals surface area contributed by atoms with Gasteiger partial charge in [-0.3, -0.25) is 4.90 Å². The molecule has 1 unspecified atom stereocenters. The van der Waals surface area contributed by atoms with Gasteiger partial charge in [-0.1, -0.05) is 0 Å². The summed E-state index contributed by atoms with van der Waals surface area (Å²) in [4.78, 5) is 2.01. The van der Waals surface area contributed by atoms with Crippen LogP contribution in [0, 0.1) is 0 Å². The minimum atomic E-state index is -3.34. The molecule has 0 aliphatic carbocycles. The normalized spacial score (nSPS) is 27.3. The maximum absolute atomic E-state index is 10.8. The van der Waals surface area contributed by atoms with Gasteiger partial charge in [0.25, 0.3) is 0 Å². The van der Waals surface area contributed by atoms with E-state index in [1.807, 2.05) is 11.9 Å². The maximum Gasteiger partial charge on any atom is 0.210 e. The van der Waals surface area contributed by atoms with E-state index < -0.39 is 10.0 Å². The van der Waals surface area contributed by atoms with Crippen molar-refractivity contribution in [2.45, 2.75) is 6.04 Å². The summed E-state index contributed by atoms with van der Waals surface area (Å²) in [5, 5.41) is 8.07. The highest BCUT2D eigenvalue weighted by molar-refractivity contribution is 7.89. The van der Waals surface area contributed by atoms with E-state index in [9.17, 15) is 8.42 Å². The zero-order chi connectivity index (χ0) is 9.19. The molecule has 0 saturated carbocycles. The van der Waals surface area contributed by atoms with E-state index in [0.29, 0.717) is 6.54 Å². The molecular weight excluding hydrogens is 178 g/mol. The van der Waals surface area contributed by atoms with Gasteiger partial charge in [0.15, 0.2) is 0 Å². The van der Waals surface area contributed by atoms with Crippen LogP contribution in [0.3, 0.4) is 0 Å². The topological polar surface area (TPSA) is 75.4 Å². The van der Waals surface area contributed by atoms with Crippen molar-refractivity contribution in [3.63, 3.8) is 0 Å². The lowest BCUT2D eigenvalue weighted by atomic mass is 10.2. The molecule has 1 rings (SSSR count). The van der Waals surface area contributed by atoms with Gasteiger partial charge >= 0.3 is 0 Å². The predicted molar refractivity (Wildman–Crippen MR) is 47.3 cm³/mol. The lowest BCUT2D eigenvalue weighted by molar-refractivity contribution is 0.216. The van der Waals surface area contributed by atoms with E-state index in [1.54, 1.807) is 0 Å². The zero-order valence-electron chi connectivity index (χ0n) is 7.16. The molecule has 0 radical (unpaired) electrons. The first-order valence-electron chi connectivity index (χ1n) is 3.90. The number of hydrogen-bond donors (Lipinski definition) is 2. The van der Waals surface area contributed by atoms with Crippen LogP contribution in [0.4, 0.5) is 0 Å². The highest BCUT2D eigenvalue weighted by Gasteiger charge is 2.22. The van der Waals surface area contributed by atoms with Gasteiger partial charge in [0.2, 0.25) is 10.0 Å². The monoisotopic (exact) mass is 193 g/mol. The number of nitrogens with one attached hydrogen (secondary N) is 1. The van der Waals surface area contributed by atoms with Crippen molar-refractivity contribution in [3.8, 4) is 0 Å². The van der Waals surface area contributed by atoms with Gasteiger partial charge in [0.05, 0.1) is 5.75 Å². The maximum atomic E-state index is 10.8. The fourth-order valence-electron chi connectivity index (χ4n) is 1.32. The van der Waals surface area contributed by atoms with Crippen LogP contribution >= 0.6 is 0 Å². The average Bonchev–Trinajstić information content (AvgIpc) is 1.91. The Morgan fingerprint density at radius 3 is 2.83 bits per heavy atom. The van der Waals surface area contributed by atoms with E-state index in [0.717, 1.165) is 13.1 Å². The molecule has 0 aromatic rings. The lowest BCUT2D eigenvalue weighted by Crippen LogP contribution is -2.52. The molecule has 12 heavy (non-hydrogen) atoms. The first-order valence-corrected chi connectivity index (χ1v) is 5.62. The summed E-state index contributed by atoms with van der Waals surface area (Å²) in [6.45, 7) is 2.49. The molecule has 0 aromatic heterocycles. The SMILES string of the molecule is CN1CCNCC1CS(N)(=O)=O. The third-order valence-corrected chi connectivity index (χ3v) is 2.92. The Balaban J connectivity index is 2.50. The molecule has 1 fully saturated rings. The largest absolute Gasteiger partial charge is 0.314 e. The summed E-state index contributed by atoms with van der Waals surface area (Å²) in [5.41, 5.74) is 0. The van der Waals surface area contributed by atoms with E-state index in [1.165, 1.54) is 0 Å². The van der Waals surface area contributed by atoms with E-state index in [4.69, 9.17) is 5.14 Å². The Labute approximate surface area is 73.0 Å². The second kappa shape index (κ2) is 3.69. The second-order valence-corrected chi connectivity index (χ2v) is 4.83. The summed E-state index contributed by atoms with van der Waals surface area (Å²) in [6.07, 6.45) is 0. The van der Waals surface area contributed by atoms with Crippen molar-refractivity contribution in [2.75, 3.05) is 32.4 Å². The van der Waals surface area contributed by atoms with Gasteiger partial charge in [-0.15, -0.1) is 0 Å². The Morgan fingerprint density at radius 1 is 1.67 bits per heavy atom. The van der Waals surface area contributed by atoms with Gasteiger partial charge in [0, 0.05) is 25.7 Å². The highest BCUT2D eigenvalue weighted by atomic mass is 32.2. The minimum absolute atomic E-state index is 0.0220. The average molecular weight is 193 g/mol. The lowest BCUT2D eigenvalue weighted by Gasteiger charge is -2.32. The van der Waals surface area contributed by atoms with Crippen LogP contribution in [0.5, 0.6) is 0 Å². The van der Waals surface area contributed by atoms with Crippen molar-refractivity contribution >= 4 is 10.0 Å². The van der Waals surface area contributed by atoms with Crippen LogP contribution in [0.1, 0.15) is 0 Å². The molecule has 1 atom stereocenters. The number of likely N-dealkylation sites (N-methyl/N-ethyl adjacent to an activating group) is 1. The molecule has 1 aliphatic heterocycles. The molecule has 0 aromatic carbocycles. The summed E-state index contributed by atoms with van der Waals surface area (Å²) < 4.78 is 21.5. The Hall–Kier alpha value is -0.170. The van der Waals surface area contributed by atoms with Gasteiger partial charge in [-0.2, -0.15) is 0 Å². The summed E-state index contributed by atoms with van der Waals surface area (Å²) in [5.74, 6) is 0.0382. The van der Waals surface area contributed by atoms with E-state index in [-0.39, 0.29) is 11.8 Å². The van der Waals surface area contributed by atoms with Crippen LogP contribution in [-0.2, 0) is 10.0 Å². The van der Waals surface area contributed by atoms with Crippen LogP contribution in [0.2, 0.25) is 0 Å². The summed E-state index contributed by atoms with van der Waals surface area (Å²) in [6, 6.07) is 0.0220. The zero-order valence-corrected chi connectivity index (χ0v) is 7.97. The highest BCUT2D eigenvalue weighted by Crippen LogP contribution is 2.01. The van der Waals surface area contributed by atoms with Crippen molar-refractivity contribution in [3.05, 3.63) is 0 Å². The van der Waals surface area contributed by atoms with Gasteiger partial charge in [-0.05, 0) is 7.05 Å². The number of rotatable bonds is 2. The molecule has 3 N–H and O–H groups in total. The molecule has 0 spiro atoms. The van der Waals surface area contributed by atoms with Gasteiger partial charge in [-0.25, -0.2) is 13.6 Å². The number of nitrogens with zero attached hydrogens (tertiary/aromatic N) is 1. The molecule has 1 saturated heterocycles. The predicted octanol–water partition coefficient (Wildman–Crippen LogP) is -1.82. The number of nitrogens with two attached hydrogens (primary N) is 1. The van der Waals surface area contributed by atoms with Crippen molar-refractivity contribution in [1.82, 2.24) is 10.2 Å². The second-order valence-electron chi connectivity index (χ2n) is 3.17. The Kier molecular flexibility index (Phi) is 3.05. The Morgan fingerprint density at radius 2 is 2.33 bits per heavy atom. The van der Waals surface area contributed by atoms with Crippen LogP contribution in [0.15, 0.2) is 0 Å². The van der Waals surface area contributed by atoms with Crippen LogP contribution < -0.4 is 10.5 Å². The van der Waals surface area contributed by atoms with E-state index >= 15 is 0 Å². The third-order valence-electron chi connectivity index (χ3n) is 2.07. The minimum Gasteiger partial charge on any atom is -0.314 e. The van der Waals surface area contributed by atoms with E-state index in [2.05, 4.69) is 5.32 Å². The molecule has 72 valence electrons. The fourth-order valence-corrected chi connectivity index (χ4v) is 2.23. The number of sulfonamides is 1. The van der Waals surface area contributed by atoms with Crippen molar-refractivity contribution < 1.29 is 8.42 Å². The standard InChI is InChI=1S/C6H15N3O2S/c1-9-3-2-8-4-6(9)5-12(7,10)11/h6,8H,2-5H2,1H3,(H2,7,10,11). The first kappa shape index (κ1) is 9.91. The molecule has 0 bridgehead atoms. The smallest absolute Gasteiger partial charge is 0.210 e. The molecular formula is C6H15N3O2S. The molecule has 5 nitrogen and oxygen atoms in total. The van der Waals surface area contributed by atoms with Gasteiger partial charge < -0.3 is 5.32 Å².